The van der Waals surface area contributed by atoms with Crippen molar-refractivity contribution in [3.8, 4) is 11.5 Å². The highest BCUT2D eigenvalue weighted by atomic mass is 79.9. The first-order chi connectivity index (χ1) is 10.5. The Morgan fingerprint density at radius 2 is 2.18 bits per heavy atom. The van der Waals surface area contributed by atoms with Crippen molar-refractivity contribution in [2.24, 2.45) is 0 Å². The van der Waals surface area contributed by atoms with Gasteiger partial charge in [0.2, 0.25) is 0 Å². The Morgan fingerprint density at radius 1 is 1.41 bits per heavy atom. The van der Waals surface area contributed by atoms with Crippen molar-refractivity contribution in [3.05, 3.63) is 46.6 Å². The molecule has 0 saturated heterocycles. The molecule has 1 amide bonds. The van der Waals surface area contributed by atoms with E-state index in [4.69, 9.17) is 17.0 Å². The van der Waals surface area contributed by atoms with Gasteiger partial charge in [0.25, 0.3) is 5.91 Å². The zero-order chi connectivity index (χ0) is 16.1. The van der Waals surface area contributed by atoms with Gasteiger partial charge in [0.05, 0.1) is 12.7 Å². The van der Waals surface area contributed by atoms with Crippen molar-refractivity contribution in [2.75, 3.05) is 12.4 Å². The highest BCUT2D eigenvalue weighted by Crippen LogP contribution is 2.23. The van der Waals surface area contributed by atoms with Crippen LogP contribution in [0.4, 0.5) is 5.82 Å². The van der Waals surface area contributed by atoms with Crippen LogP contribution < -0.4 is 15.4 Å². The lowest BCUT2D eigenvalue weighted by Crippen LogP contribution is -2.34. The molecule has 2 aromatic rings. The standard InChI is InChI=1S/C14H12BrN3O3S/c1-21-11-5-4-8(15)7-9(11)13(20)18-14(22)17-12-10(19)3-2-6-16-12/h2-7,19H,1H3,(H2,16,17,18,20,22). The summed E-state index contributed by atoms with van der Waals surface area (Å²) in [6.45, 7) is 0. The zero-order valence-corrected chi connectivity index (χ0v) is 13.9. The fourth-order valence-electron chi connectivity index (χ4n) is 1.66. The van der Waals surface area contributed by atoms with Crippen LogP contribution in [0.15, 0.2) is 41.0 Å². The Morgan fingerprint density at radius 3 is 2.86 bits per heavy atom. The van der Waals surface area contributed by atoms with Gasteiger partial charge < -0.3 is 15.2 Å². The first kappa shape index (κ1) is 16.2. The largest absolute Gasteiger partial charge is 0.504 e. The molecule has 0 saturated carbocycles. The molecule has 0 aliphatic rings. The molecule has 0 atom stereocenters. The first-order valence-corrected chi connectivity index (χ1v) is 7.31. The Kier molecular flexibility index (Phi) is 5.29. The molecule has 1 aromatic heterocycles. The number of nitrogens with one attached hydrogen (secondary N) is 2. The lowest BCUT2D eigenvalue weighted by Gasteiger charge is -2.12. The summed E-state index contributed by atoms with van der Waals surface area (Å²) in [4.78, 5) is 16.2. The minimum absolute atomic E-state index is 0.0148. The fourth-order valence-corrected chi connectivity index (χ4v) is 2.21. The third-order valence-corrected chi connectivity index (χ3v) is 3.35. The second-order valence-electron chi connectivity index (χ2n) is 4.12. The number of thiocarbonyl (C=S) groups is 1. The maximum atomic E-state index is 12.2. The molecular formula is C14H12BrN3O3S. The number of hydrogen-bond acceptors (Lipinski definition) is 5. The minimum atomic E-state index is -0.439. The molecule has 1 aromatic carbocycles. The normalized spacial score (nSPS) is 9.91. The van der Waals surface area contributed by atoms with Crippen molar-refractivity contribution >= 4 is 45.0 Å². The second kappa shape index (κ2) is 7.19. The summed E-state index contributed by atoms with van der Waals surface area (Å²) in [5, 5.41) is 14.8. The second-order valence-corrected chi connectivity index (χ2v) is 5.45. The number of nitrogens with zero attached hydrogens (tertiary/aromatic N) is 1. The van der Waals surface area contributed by atoms with Gasteiger partial charge in [-0.3, -0.25) is 10.1 Å². The van der Waals surface area contributed by atoms with Crippen LogP contribution in [0, 0.1) is 0 Å². The molecule has 0 fully saturated rings. The lowest BCUT2D eigenvalue weighted by atomic mass is 10.2. The van der Waals surface area contributed by atoms with Gasteiger partial charge in [-0.05, 0) is 42.5 Å². The monoisotopic (exact) mass is 381 g/mol. The van der Waals surface area contributed by atoms with Crippen LogP contribution in [-0.2, 0) is 0 Å². The Balaban J connectivity index is 2.10. The third-order valence-electron chi connectivity index (χ3n) is 2.65. The van der Waals surface area contributed by atoms with Crippen LogP contribution in [0.3, 0.4) is 0 Å². The highest BCUT2D eigenvalue weighted by molar-refractivity contribution is 9.10. The summed E-state index contributed by atoms with van der Waals surface area (Å²) in [6.07, 6.45) is 1.49. The van der Waals surface area contributed by atoms with Gasteiger partial charge in [0.1, 0.15) is 5.75 Å². The molecule has 0 aliphatic carbocycles. The zero-order valence-electron chi connectivity index (χ0n) is 11.5. The number of hydrogen-bond donors (Lipinski definition) is 3. The molecular weight excluding hydrogens is 370 g/mol. The molecule has 8 heteroatoms. The van der Waals surface area contributed by atoms with Gasteiger partial charge in [-0.15, -0.1) is 0 Å². The number of carbonyl (C=O) groups is 1. The van der Waals surface area contributed by atoms with E-state index in [-0.39, 0.29) is 16.7 Å². The van der Waals surface area contributed by atoms with Gasteiger partial charge >= 0.3 is 0 Å². The first-order valence-electron chi connectivity index (χ1n) is 6.11. The SMILES string of the molecule is COc1ccc(Br)cc1C(=O)NC(=S)Nc1ncccc1O. The summed E-state index contributed by atoms with van der Waals surface area (Å²) < 4.78 is 5.88. The van der Waals surface area contributed by atoms with Crippen LogP contribution in [0.25, 0.3) is 0 Å². The molecule has 0 unspecified atom stereocenters. The van der Waals surface area contributed by atoms with Crippen LogP contribution in [0.5, 0.6) is 11.5 Å². The van der Waals surface area contributed by atoms with E-state index in [2.05, 4.69) is 31.5 Å². The fraction of sp³-hybridized carbons (Fsp3) is 0.0714. The smallest absolute Gasteiger partial charge is 0.261 e. The molecule has 22 heavy (non-hydrogen) atoms. The van der Waals surface area contributed by atoms with Crippen LogP contribution in [-0.4, -0.2) is 28.2 Å². The predicted octanol–water partition coefficient (Wildman–Crippen LogP) is 2.69. The van der Waals surface area contributed by atoms with E-state index < -0.39 is 5.91 Å². The number of aromatic hydroxyl groups is 1. The number of benzene rings is 1. The van der Waals surface area contributed by atoms with E-state index in [1.807, 2.05) is 0 Å². The number of pyridine rings is 1. The number of halogens is 1. The molecule has 0 bridgehead atoms. The molecule has 6 nitrogen and oxygen atoms in total. The average Bonchev–Trinajstić information content (AvgIpc) is 2.49. The quantitative estimate of drug-likeness (QED) is 0.708. The Hall–Kier alpha value is -2.19. The number of anilines is 1. The topological polar surface area (TPSA) is 83.5 Å². The predicted molar refractivity (Wildman–Crippen MR) is 90.3 cm³/mol. The molecule has 2 rings (SSSR count). The number of amides is 1. The Labute approximate surface area is 140 Å². The highest BCUT2D eigenvalue weighted by Gasteiger charge is 2.15. The van der Waals surface area contributed by atoms with E-state index >= 15 is 0 Å². The number of rotatable bonds is 3. The van der Waals surface area contributed by atoms with Crippen molar-refractivity contribution in [3.63, 3.8) is 0 Å². The molecule has 0 aliphatic heterocycles. The summed E-state index contributed by atoms with van der Waals surface area (Å²) in [5.41, 5.74) is 0.325. The lowest BCUT2D eigenvalue weighted by molar-refractivity contribution is 0.0974. The minimum Gasteiger partial charge on any atom is -0.504 e. The molecule has 0 radical (unpaired) electrons. The molecule has 0 spiro atoms. The van der Waals surface area contributed by atoms with Crippen LogP contribution in [0.2, 0.25) is 0 Å². The number of ether oxygens (including phenoxy) is 1. The summed E-state index contributed by atoms with van der Waals surface area (Å²) >= 11 is 8.33. The Bertz CT molecular complexity index is 724. The van der Waals surface area contributed by atoms with E-state index in [1.54, 1.807) is 24.3 Å². The van der Waals surface area contributed by atoms with Crippen molar-refractivity contribution in [2.45, 2.75) is 0 Å². The van der Waals surface area contributed by atoms with Gasteiger partial charge in [-0.2, -0.15) is 0 Å². The van der Waals surface area contributed by atoms with Crippen molar-refractivity contribution < 1.29 is 14.6 Å². The number of carbonyl (C=O) groups excluding carboxylic acids is 1. The molecule has 3 N–H and O–H groups in total. The van der Waals surface area contributed by atoms with Gasteiger partial charge in [-0.25, -0.2) is 4.98 Å². The molecule has 114 valence electrons. The van der Waals surface area contributed by atoms with E-state index in [0.29, 0.717) is 11.3 Å². The summed E-state index contributed by atoms with van der Waals surface area (Å²) in [7, 11) is 1.47. The van der Waals surface area contributed by atoms with Crippen molar-refractivity contribution in [1.29, 1.82) is 0 Å². The van der Waals surface area contributed by atoms with Gasteiger partial charge in [0, 0.05) is 10.7 Å². The number of methoxy groups -OCH3 is 1. The van der Waals surface area contributed by atoms with Gasteiger partial charge in [0.15, 0.2) is 16.7 Å². The summed E-state index contributed by atoms with van der Waals surface area (Å²) in [5.74, 6) is 0.0726. The van der Waals surface area contributed by atoms with Crippen LogP contribution in [0.1, 0.15) is 10.4 Å². The maximum Gasteiger partial charge on any atom is 0.261 e. The van der Waals surface area contributed by atoms with E-state index in [0.717, 1.165) is 4.47 Å². The third kappa shape index (κ3) is 3.92. The average molecular weight is 382 g/mol. The van der Waals surface area contributed by atoms with Gasteiger partial charge in [-0.1, -0.05) is 15.9 Å². The summed E-state index contributed by atoms with van der Waals surface area (Å²) in [6, 6.07) is 8.08. The van der Waals surface area contributed by atoms with E-state index in [9.17, 15) is 9.90 Å². The van der Waals surface area contributed by atoms with E-state index in [1.165, 1.54) is 19.4 Å². The molecule has 1 heterocycles. The number of aromatic nitrogens is 1. The maximum absolute atomic E-state index is 12.2. The van der Waals surface area contributed by atoms with Crippen LogP contribution >= 0.6 is 28.1 Å². The van der Waals surface area contributed by atoms with Crippen molar-refractivity contribution in [1.82, 2.24) is 10.3 Å².